The zero-order valence-corrected chi connectivity index (χ0v) is 17.0. The Morgan fingerprint density at radius 2 is 1.86 bits per heavy atom. The van der Waals surface area contributed by atoms with Crippen molar-refractivity contribution < 1.29 is 26.3 Å². The number of aryl methyl sites for hydroxylation is 1. The Hall–Kier alpha value is -2.69. The smallest absolute Gasteiger partial charge is 0.433 e. The Labute approximate surface area is 165 Å². The van der Waals surface area contributed by atoms with Crippen LogP contribution in [-0.2, 0) is 23.1 Å². The summed E-state index contributed by atoms with van der Waals surface area (Å²) in [6.07, 6.45) is -2.39. The molecule has 0 atom stereocenters. The van der Waals surface area contributed by atoms with Gasteiger partial charge in [0, 0.05) is 13.1 Å². The van der Waals surface area contributed by atoms with E-state index in [1.807, 2.05) is 0 Å². The second-order valence-electron chi connectivity index (χ2n) is 6.64. The highest BCUT2D eigenvalue weighted by Crippen LogP contribution is 2.33. The Bertz CT molecular complexity index is 1170. The van der Waals surface area contributed by atoms with Crippen LogP contribution < -0.4 is 4.74 Å². The maximum atomic E-state index is 13.0. The molecule has 0 bridgehead atoms. The average Bonchev–Trinajstić information content (AvgIpc) is 2.96. The number of rotatable bonds is 5. The normalized spacial score (nSPS) is 12.7. The molecule has 0 radical (unpaired) electrons. The molecule has 3 rings (SSSR count). The van der Waals surface area contributed by atoms with Crippen LogP contribution >= 0.6 is 0 Å². The molecule has 0 N–H and O–H groups in total. The van der Waals surface area contributed by atoms with Gasteiger partial charge in [-0.1, -0.05) is 6.92 Å². The van der Waals surface area contributed by atoms with Crippen molar-refractivity contribution in [1.82, 2.24) is 19.5 Å². The van der Waals surface area contributed by atoms with Crippen molar-refractivity contribution in [3.8, 4) is 17.3 Å². The summed E-state index contributed by atoms with van der Waals surface area (Å²) in [7, 11) is -2.15. The first kappa shape index (κ1) is 21.0. The van der Waals surface area contributed by atoms with Gasteiger partial charge in [-0.25, -0.2) is 23.4 Å². The predicted octanol–water partition coefficient (Wildman–Crippen LogP) is 3.63. The molecule has 0 aliphatic carbocycles. The lowest BCUT2D eigenvalue weighted by molar-refractivity contribution is -0.141. The number of aromatic nitrogens is 4. The van der Waals surface area contributed by atoms with E-state index in [-0.39, 0.29) is 39.5 Å². The van der Waals surface area contributed by atoms with Crippen LogP contribution in [0.5, 0.6) is 5.75 Å². The fourth-order valence-electron chi connectivity index (χ4n) is 2.78. The van der Waals surface area contributed by atoms with E-state index >= 15 is 0 Å². The first-order chi connectivity index (χ1) is 13.4. The Morgan fingerprint density at radius 1 is 1.17 bits per heavy atom. The van der Waals surface area contributed by atoms with Crippen molar-refractivity contribution in [2.75, 3.05) is 5.75 Å². The zero-order valence-electron chi connectivity index (χ0n) is 16.1. The number of hydrogen-bond acceptors (Lipinski definition) is 6. The molecule has 0 aliphatic rings. The predicted molar refractivity (Wildman–Crippen MR) is 100 cm³/mol. The van der Waals surface area contributed by atoms with Crippen LogP contribution in [0.1, 0.15) is 26.5 Å². The van der Waals surface area contributed by atoms with Gasteiger partial charge in [-0.05, 0) is 19.9 Å². The molecule has 0 aromatic carbocycles. The second kappa shape index (κ2) is 7.29. The van der Waals surface area contributed by atoms with Crippen LogP contribution in [-0.4, -0.2) is 39.8 Å². The van der Waals surface area contributed by atoms with E-state index in [4.69, 9.17) is 4.74 Å². The van der Waals surface area contributed by atoms with Gasteiger partial charge in [0.25, 0.3) is 0 Å². The molecule has 3 aromatic heterocycles. The number of nitrogens with zero attached hydrogens (tertiary/aromatic N) is 4. The van der Waals surface area contributed by atoms with Crippen LogP contribution in [0.2, 0.25) is 0 Å². The third-order valence-corrected chi connectivity index (χ3v) is 5.93. The maximum absolute atomic E-state index is 13.0. The summed E-state index contributed by atoms with van der Waals surface area (Å²) >= 11 is 0. The van der Waals surface area contributed by atoms with E-state index < -0.39 is 21.7 Å². The molecule has 29 heavy (non-hydrogen) atoms. The van der Waals surface area contributed by atoms with E-state index in [1.165, 1.54) is 23.8 Å². The number of halogens is 3. The minimum atomic E-state index is -4.61. The van der Waals surface area contributed by atoms with Gasteiger partial charge in [0.15, 0.2) is 15.7 Å². The summed E-state index contributed by atoms with van der Waals surface area (Å²) in [5.74, 6) is 0.205. The Morgan fingerprint density at radius 3 is 2.45 bits per heavy atom. The first-order valence-electron chi connectivity index (χ1n) is 8.73. The van der Waals surface area contributed by atoms with Gasteiger partial charge in [-0.15, -0.1) is 0 Å². The molecule has 156 valence electrons. The van der Waals surface area contributed by atoms with E-state index in [9.17, 15) is 21.6 Å². The maximum Gasteiger partial charge on any atom is 0.433 e. The summed E-state index contributed by atoms with van der Waals surface area (Å²) in [6, 6.07) is 2.18. The second-order valence-corrected chi connectivity index (χ2v) is 8.88. The minimum absolute atomic E-state index is 0.0361. The van der Waals surface area contributed by atoms with E-state index in [2.05, 4.69) is 15.0 Å². The summed E-state index contributed by atoms with van der Waals surface area (Å²) in [5, 5.41) is 0. The molecule has 3 heterocycles. The highest BCUT2D eigenvalue weighted by molar-refractivity contribution is 7.91. The summed E-state index contributed by atoms with van der Waals surface area (Å²) < 4.78 is 71.2. The molecule has 0 unspecified atom stereocenters. The van der Waals surface area contributed by atoms with Crippen LogP contribution in [0.15, 0.2) is 29.4 Å². The minimum Gasteiger partial charge on any atom is -0.489 e. The SMILES string of the molecule is CCS(=O)(=O)c1cc(OC(C)C)cnc1-c1nc2cc(C(F)(F)F)ncc2n1C. The van der Waals surface area contributed by atoms with Crippen LogP contribution in [0.4, 0.5) is 13.2 Å². The topological polar surface area (TPSA) is 87.0 Å². The van der Waals surface area contributed by atoms with Gasteiger partial charge >= 0.3 is 6.18 Å². The largest absolute Gasteiger partial charge is 0.489 e. The lowest BCUT2D eigenvalue weighted by Gasteiger charge is -2.13. The lowest BCUT2D eigenvalue weighted by Crippen LogP contribution is -2.11. The molecule has 0 saturated carbocycles. The van der Waals surface area contributed by atoms with Crippen LogP contribution in [0.3, 0.4) is 0 Å². The lowest BCUT2D eigenvalue weighted by atomic mass is 10.3. The third kappa shape index (κ3) is 4.04. The molecule has 7 nitrogen and oxygen atoms in total. The van der Waals surface area contributed by atoms with Crippen molar-refractivity contribution in [2.24, 2.45) is 7.05 Å². The molecule has 0 aliphatic heterocycles. The standard InChI is InChI=1S/C18H19F3N4O3S/c1-5-29(26,27)14-6-11(28-10(2)3)8-23-16(14)17-24-12-7-15(18(19,20)21)22-9-13(12)25(17)4/h6-10H,5H2,1-4H3. The summed E-state index contributed by atoms with van der Waals surface area (Å²) in [6.45, 7) is 5.07. The zero-order chi connectivity index (χ0) is 21.6. The van der Waals surface area contributed by atoms with E-state index in [0.29, 0.717) is 5.52 Å². The van der Waals surface area contributed by atoms with Crippen molar-refractivity contribution in [3.05, 3.63) is 30.2 Å². The summed E-state index contributed by atoms with van der Waals surface area (Å²) in [5.41, 5.74) is -0.689. The van der Waals surface area contributed by atoms with Gasteiger partial charge in [-0.3, -0.25) is 0 Å². The molecule has 0 saturated heterocycles. The third-order valence-electron chi connectivity index (χ3n) is 4.18. The van der Waals surface area contributed by atoms with Crippen molar-refractivity contribution in [3.63, 3.8) is 0 Å². The number of alkyl halides is 3. The Kier molecular flexibility index (Phi) is 5.28. The molecule has 11 heteroatoms. The summed E-state index contributed by atoms with van der Waals surface area (Å²) in [4.78, 5) is 11.8. The van der Waals surface area contributed by atoms with Crippen molar-refractivity contribution in [2.45, 2.75) is 37.9 Å². The quantitative estimate of drug-likeness (QED) is 0.617. The number of pyridine rings is 2. The van der Waals surface area contributed by atoms with Gasteiger partial charge in [-0.2, -0.15) is 13.2 Å². The highest BCUT2D eigenvalue weighted by Gasteiger charge is 2.33. The van der Waals surface area contributed by atoms with Crippen molar-refractivity contribution in [1.29, 1.82) is 0 Å². The number of hydrogen-bond donors (Lipinski definition) is 0. The van der Waals surface area contributed by atoms with Gasteiger partial charge < -0.3 is 9.30 Å². The molecular formula is C18H19F3N4O3S. The number of fused-ring (bicyclic) bond motifs is 1. The van der Waals surface area contributed by atoms with Crippen LogP contribution in [0.25, 0.3) is 22.6 Å². The highest BCUT2D eigenvalue weighted by atomic mass is 32.2. The van der Waals surface area contributed by atoms with E-state index in [1.54, 1.807) is 20.9 Å². The van der Waals surface area contributed by atoms with Crippen molar-refractivity contribution >= 4 is 20.9 Å². The molecule has 0 amide bonds. The Balaban J connectivity index is 2.24. The number of imidazole rings is 1. The molecular weight excluding hydrogens is 409 g/mol. The average molecular weight is 428 g/mol. The molecule has 3 aromatic rings. The fraction of sp³-hybridized carbons (Fsp3) is 0.389. The van der Waals surface area contributed by atoms with Crippen LogP contribution in [0, 0.1) is 0 Å². The van der Waals surface area contributed by atoms with Gasteiger partial charge in [0.05, 0.1) is 35.3 Å². The number of ether oxygens (including phenoxy) is 1. The first-order valence-corrected chi connectivity index (χ1v) is 10.4. The fourth-order valence-corrected chi connectivity index (χ4v) is 3.82. The van der Waals surface area contributed by atoms with Gasteiger partial charge in [0.2, 0.25) is 0 Å². The number of sulfone groups is 1. The molecule has 0 fully saturated rings. The van der Waals surface area contributed by atoms with Gasteiger partial charge in [0.1, 0.15) is 22.0 Å². The monoisotopic (exact) mass is 428 g/mol. The molecule has 0 spiro atoms. The van der Waals surface area contributed by atoms with E-state index in [0.717, 1.165) is 12.3 Å².